The summed E-state index contributed by atoms with van der Waals surface area (Å²) >= 11 is 3.35. The fourth-order valence-corrected chi connectivity index (χ4v) is 2.73. The monoisotopic (exact) mass is 380 g/mol. The Morgan fingerprint density at radius 1 is 1.39 bits per heavy atom. The van der Waals surface area contributed by atoms with E-state index in [-0.39, 0.29) is 18.7 Å². The minimum absolute atomic E-state index is 0.102. The molecule has 122 valence electrons. The van der Waals surface area contributed by atoms with Gasteiger partial charge in [-0.15, -0.1) is 0 Å². The van der Waals surface area contributed by atoms with E-state index in [9.17, 15) is 9.59 Å². The van der Waals surface area contributed by atoms with Gasteiger partial charge in [0.1, 0.15) is 5.76 Å². The first-order valence-corrected chi connectivity index (χ1v) is 7.84. The normalized spacial score (nSPS) is 12.0. The quantitative estimate of drug-likeness (QED) is 0.803. The number of carboxylic acids is 1. The highest BCUT2D eigenvalue weighted by Crippen LogP contribution is 2.21. The van der Waals surface area contributed by atoms with Crippen LogP contribution in [0.25, 0.3) is 0 Å². The number of halogens is 1. The minimum atomic E-state index is -0.979. The van der Waals surface area contributed by atoms with E-state index < -0.39 is 12.0 Å². The molecule has 2 aromatic rings. The van der Waals surface area contributed by atoms with Crippen molar-refractivity contribution in [2.75, 3.05) is 0 Å². The van der Waals surface area contributed by atoms with E-state index in [0.717, 1.165) is 15.6 Å². The van der Waals surface area contributed by atoms with Gasteiger partial charge in [-0.05, 0) is 31.5 Å². The highest BCUT2D eigenvalue weighted by Gasteiger charge is 2.20. The zero-order valence-electron chi connectivity index (χ0n) is 12.8. The second-order valence-corrected chi connectivity index (χ2v) is 6.17. The minimum Gasteiger partial charge on any atom is -0.481 e. The number of hydrogen-bond acceptors (Lipinski definition) is 4. The molecule has 7 heteroatoms. The highest BCUT2D eigenvalue weighted by atomic mass is 79.9. The molecule has 1 unspecified atom stereocenters. The maximum atomic E-state index is 12.3. The van der Waals surface area contributed by atoms with Crippen molar-refractivity contribution in [2.45, 2.75) is 32.7 Å². The van der Waals surface area contributed by atoms with Crippen molar-refractivity contribution < 1.29 is 19.2 Å². The topological polar surface area (TPSA) is 92.4 Å². The molecule has 23 heavy (non-hydrogen) atoms. The van der Waals surface area contributed by atoms with Gasteiger partial charge in [-0.3, -0.25) is 9.59 Å². The summed E-state index contributed by atoms with van der Waals surface area (Å²) in [4.78, 5) is 23.4. The summed E-state index contributed by atoms with van der Waals surface area (Å²) in [5.41, 5.74) is 2.12. The van der Waals surface area contributed by atoms with Crippen molar-refractivity contribution in [3.05, 3.63) is 51.3 Å². The number of aromatic nitrogens is 1. The number of carboxylic acid groups (broad SMARTS) is 1. The van der Waals surface area contributed by atoms with E-state index in [1.165, 1.54) is 0 Å². The van der Waals surface area contributed by atoms with E-state index in [1.807, 2.05) is 6.07 Å². The van der Waals surface area contributed by atoms with Crippen molar-refractivity contribution in [1.29, 1.82) is 0 Å². The molecule has 2 rings (SSSR count). The number of nitrogens with one attached hydrogen (secondary N) is 1. The van der Waals surface area contributed by atoms with Gasteiger partial charge < -0.3 is 14.9 Å². The smallest absolute Gasteiger partial charge is 0.305 e. The lowest BCUT2D eigenvalue weighted by atomic mass is 10.0. The molecule has 0 spiro atoms. The van der Waals surface area contributed by atoms with E-state index in [1.54, 1.807) is 32.0 Å². The molecule has 0 bridgehead atoms. The standard InChI is InChI=1S/C16H17BrN2O4/c1-9-13(10(2)23-19-9)7-15(20)18-14(8-16(21)22)11-4-3-5-12(17)6-11/h3-6,14H,7-8H2,1-2H3,(H,18,20)(H,21,22). The van der Waals surface area contributed by atoms with Crippen LogP contribution < -0.4 is 5.32 Å². The van der Waals surface area contributed by atoms with Gasteiger partial charge in [-0.25, -0.2) is 0 Å². The summed E-state index contributed by atoms with van der Waals surface area (Å²) < 4.78 is 5.86. The van der Waals surface area contributed by atoms with Gasteiger partial charge in [0.15, 0.2) is 0 Å². The summed E-state index contributed by atoms with van der Waals surface area (Å²) in [5.74, 6) is -0.659. The summed E-state index contributed by atoms with van der Waals surface area (Å²) in [7, 11) is 0. The third kappa shape index (κ3) is 4.66. The van der Waals surface area contributed by atoms with Crippen LogP contribution in [-0.4, -0.2) is 22.1 Å². The molecule has 0 saturated heterocycles. The first-order chi connectivity index (χ1) is 10.9. The Hall–Kier alpha value is -2.15. The number of aryl methyl sites for hydroxylation is 2. The van der Waals surface area contributed by atoms with Crippen LogP contribution in [0.4, 0.5) is 0 Å². The number of nitrogens with zero attached hydrogens (tertiary/aromatic N) is 1. The summed E-state index contributed by atoms with van der Waals surface area (Å²) in [6.07, 6.45) is -0.0882. The molecule has 0 fully saturated rings. The Labute approximate surface area is 142 Å². The Morgan fingerprint density at radius 2 is 2.13 bits per heavy atom. The van der Waals surface area contributed by atoms with E-state index in [2.05, 4.69) is 26.4 Å². The predicted molar refractivity (Wildman–Crippen MR) is 87.0 cm³/mol. The van der Waals surface area contributed by atoms with Crippen molar-refractivity contribution >= 4 is 27.8 Å². The molecule has 0 radical (unpaired) electrons. The first kappa shape index (κ1) is 17.2. The van der Waals surface area contributed by atoms with Gasteiger partial charge in [-0.2, -0.15) is 0 Å². The highest BCUT2D eigenvalue weighted by molar-refractivity contribution is 9.10. The largest absolute Gasteiger partial charge is 0.481 e. The van der Waals surface area contributed by atoms with Gasteiger partial charge in [-0.1, -0.05) is 33.2 Å². The molecule has 1 amide bonds. The molecular formula is C16H17BrN2O4. The van der Waals surface area contributed by atoms with E-state index >= 15 is 0 Å². The van der Waals surface area contributed by atoms with Gasteiger partial charge in [0.05, 0.1) is 24.6 Å². The molecule has 0 aliphatic carbocycles. The number of carbonyl (C=O) groups is 2. The van der Waals surface area contributed by atoms with Gasteiger partial charge in [0.2, 0.25) is 5.91 Å². The zero-order chi connectivity index (χ0) is 17.0. The Kier molecular flexibility index (Phi) is 5.54. The summed E-state index contributed by atoms with van der Waals surface area (Å²) in [5, 5.41) is 15.7. The van der Waals surface area contributed by atoms with Crippen molar-refractivity contribution in [3.63, 3.8) is 0 Å². The number of benzene rings is 1. The molecule has 1 aromatic carbocycles. The number of carbonyl (C=O) groups excluding carboxylic acids is 1. The predicted octanol–water partition coefficient (Wildman–Crippen LogP) is 2.93. The van der Waals surface area contributed by atoms with Crippen LogP contribution in [0.1, 0.15) is 35.0 Å². The third-order valence-corrected chi connectivity index (χ3v) is 3.98. The van der Waals surface area contributed by atoms with Gasteiger partial charge in [0.25, 0.3) is 0 Å². The Bertz CT molecular complexity index is 707. The number of rotatable bonds is 6. The van der Waals surface area contributed by atoms with Crippen molar-refractivity contribution in [2.24, 2.45) is 0 Å². The number of amides is 1. The molecular weight excluding hydrogens is 364 g/mol. The molecule has 0 saturated carbocycles. The average Bonchev–Trinajstić information content (AvgIpc) is 2.78. The van der Waals surface area contributed by atoms with Crippen LogP contribution in [0.3, 0.4) is 0 Å². The fraction of sp³-hybridized carbons (Fsp3) is 0.312. The van der Waals surface area contributed by atoms with Crippen molar-refractivity contribution in [1.82, 2.24) is 10.5 Å². The lowest BCUT2D eigenvalue weighted by Crippen LogP contribution is -2.31. The zero-order valence-corrected chi connectivity index (χ0v) is 14.4. The number of aliphatic carboxylic acids is 1. The third-order valence-electron chi connectivity index (χ3n) is 3.48. The maximum Gasteiger partial charge on any atom is 0.305 e. The molecule has 2 N–H and O–H groups in total. The van der Waals surface area contributed by atoms with Crippen LogP contribution in [0.15, 0.2) is 33.3 Å². The fourth-order valence-electron chi connectivity index (χ4n) is 2.31. The van der Waals surface area contributed by atoms with Gasteiger partial charge in [0, 0.05) is 10.0 Å². The molecule has 0 aliphatic rings. The Balaban J connectivity index is 2.14. The first-order valence-electron chi connectivity index (χ1n) is 7.05. The summed E-state index contributed by atoms with van der Waals surface area (Å²) in [6, 6.07) is 6.62. The second kappa shape index (κ2) is 7.41. The molecule has 0 aliphatic heterocycles. The van der Waals surface area contributed by atoms with Crippen LogP contribution >= 0.6 is 15.9 Å². The summed E-state index contributed by atoms with van der Waals surface area (Å²) in [6.45, 7) is 3.51. The van der Waals surface area contributed by atoms with E-state index in [4.69, 9.17) is 9.63 Å². The Morgan fingerprint density at radius 3 is 2.70 bits per heavy atom. The molecule has 6 nitrogen and oxygen atoms in total. The van der Waals surface area contributed by atoms with Crippen LogP contribution in [0.2, 0.25) is 0 Å². The van der Waals surface area contributed by atoms with Crippen LogP contribution in [0, 0.1) is 13.8 Å². The lowest BCUT2D eigenvalue weighted by Gasteiger charge is -2.18. The lowest BCUT2D eigenvalue weighted by molar-refractivity contribution is -0.137. The van der Waals surface area contributed by atoms with Crippen LogP contribution in [-0.2, 0) is 16.0 Å². The molecule has 1 atom stereocenters. The SMILES string of the molecule is Cc1noc(C)c1CC(=O)NC(CC(=O)O)c1cccc(Br)c1. The maximum absolute atomic E-state index is 12.3. The number of hydrogen-bond donors (Lipinski definition) is 2. The second-order valence-electron chi connectivity index (χ2n) is 5.25. The van der Waals surface area contributed by atoms with Gasteiger partial charge >= 0.3 is 5.97 Å². The van der Waals surface area contributed by atoms with Crippen molar-refractivity contribution in [3.8, 4) is 0 Å². The molecule has 1 aromatic heterocycles. The van der Waals surface area contributed by atoms with Crippen LogP contribution in [0.5, 0.6) is 0 Å². The van der Waals surface area contributed by atoms with E-state index in [0.29, 0.717) is 11.5 Å². The average molecular weight is 381 g/mol. The molecule has 1 heterocycles.